The van der Waals surface area contributed by atoms with Crippen LogP contribution in [-0.2, 0) is 20.9 Å². The first-order chi connectivity index (χ1) is 12.0. The van der Waals surface area contributed by atoms with Gasteiger partial charge in [0.05, 0.1) is 12.0 Å². The number of rotatable bonds is 6. The van der Waals surface area contributed by atoms with Crippen molar-refractivity contribution in [3.8, 4) is 0 Å². The summed E-state index contributed by atoms with van der Waals surface area (Å²) < 4.78 is 9.67. The minimum absolute atomic E-state index is 0.0576. The highest BCUT2D eigenvalue weighted by Crippen LogP contribution is 2.25. The second-order valence-corrected chi connectivity index (χ2v) is 4.81. The number of pyridine rings is 1. The third-order valence-electron chi connectivity index (χ3n) is 3.16. The topological polar surface area (TPSA) is 112 Å². The predicted octanol–water partition coefficient (Wildman–Crippen LogP) is 2.31. The van der Waals surface area contributed by atoms with Gasteiger partial charge in [0, 0.05) is 12.3 Å². The number of methoxy groups -OCH3 is 1. The van der Waals surface area contributed by atoms with E-state index in [1.165, 1.54) is 18.3 Å². The van der Waals surface area contributed by atoms with Gasteiger partial charge in [0.15, 0.2) is 0 Å². The van der Waals surface area contributed by atoms with Gasteiger partial charge in [-0.3, -0.25) is 14.9 Å². The standard InChI is InChI=1S/C16H15N3O6/c1-24-14(20)10-18(15-13(19(22)23)8-5-9-17-15)16(21)25-11-12-6-3-2-4-7-12/h2-9H,10-11H2,1H3. The molecule has 0 bridgehead atoms. The quantitative estimate of drug-likeness (QED) is 0.448. The van der Waals surface area contributed by atoms with Gasteiger partial charge in [0.25, 0.3) is 0 Å². The normalized spacial score (nSPS) is 9.96. The molecule has 0 spiro atoms. The van der Waals surface area contributed by atoms with Crippen molar-refractivity contribution in [1.29, 1.82) is 0 Å². The number of nitrogens with zero attached hydrogens (tertiary/aromatic N) is 3. The molecular weight excluding hydrogens is 330 g/mol. The van der Waals surface area contributed by atoms with Crippen LogP contribution in [0.2, 0.25) is 0 Å². The summed E-state index contributed by atoms with van der Waals surface area (Å²) in [5, 5.41) is 11.2. The highest BCUT2D eigenvalue weighted by molar-refractivity contribution is 5.94. The van der Waals surface area contributed by atoms with Crippen LogP contribution >= 0.6 is 0 Å². The Bertz CT molecular complexity index is 765. The maximum Gasteiger partial charge on any atom is 0.416 e. The third kappa shape index (κ3) is 4.74. The van der Waals surface area contributed by atoms with Crippen LogP contribution in [0, 0.1) is 10.1 Å². The van der Waals surface area contributed by atoms with E-state index in [1.807, 2.05) is 6.07 Å². The first-order valence-corrected chi connectivity index (χ1v) is 7.17. The molecule has 0 N–H and O–H groups in total. The highest BCUT2D eigenvalue weighted by atomic mass is 16.6. The van der Waals surface area contributed by atoms with Crippen LogP contribution in [0.4, 0.5) is 16.3 Å². The SMILES string of the molecule is COC(=O)CN(C(=O)OCc1ccccc1)c1ncccc1[N+](=O)[O-]. The molecule has 1 aromatic carbocycles. The van der Waals surface area contributed by atoms with Gasteiger partial charge in [0.1, 0.15) is 13.2 Å². The van der Waals surface area contributed by atoms with Crippen molar-refractivity contribution in [3.63, 3.8) is 0 Å². The number of ether oxygens (including phenoxy) is 2. The molecule has 1 amide bonds. The number of carbonyl (C=O) groups is 2. The van der Waals surface area contributed by atoms with Gasteiger partial charge in [0.2, 0.25) is 5.82 Å². The Balaban J connectivity index is 2.25. The summed E-state index contributed by atoms with van der Waals surface area (Å²) in [6.07, 6.45) is 0.327. The van der Waals surface area contributed by atoms with E-state index >= 15 is 0 Å². The highest BCUT2D eigenvalue weighted by Gasteiger charge is 2.29. The number of carbonyl (C=O) groups excluding carboxylic acids is 2. The second kappa shape index (κ2) is 8.39. The van der Waals surface area contributed by atoms with Crippen LogP contribution in [0.5, 0.6) is 0 Å². The van der Waals surface area contributed by atoms with E-state index in [2.05, 4.69) is 9.72 Å². The molecule has 2 aromatic rings. The van der Waals surface area contributed by atoms with E-state index in [-0.39, 0.29) is 12.4 Å². The molecule has 0 unspecified atom stereocenters. The van der Waals surface area contributed by atoms with Crippen LogP contribution < -0.4 is 4.90 Å². The van der Waals surface area contributed by atoms with Crippen LogP contribution in [-0.4, -0.2) is 35.6 Å². The molecule has 0 fully saturated rings. The lowest BCUT2D eigenvalue weighted by atomic mass is 10.2. The van der Waals surface area contributed by atoms with Crippen molar-refractivity contribution in [2.45, 2.75) is 6.61 Å². The Kier molecular flexibility index (Phi) is 5.99. The molecule has 0 atom stereocenters. The molecule has 0 aliphatic rings. The average molecular weight is 345 g/mol. The molecule has 9 heteroatoms. The number of aromatic nitrogens is 1. The molecule has 0 saturated heterocycles. The molecule has 0 aliphatic heterocycles. The predicted molar refractivity (Wildman–Crippen MR) is 86.9 cm³/mol. The van der Waals surface area contributed by atoms with E-state index in [1.54, 1.807) is 24.3 Å². The zero-order chi connectivity index (χ0) is 18.2. The zero-order valence-electron chi connectivity index (χ0n) is 13.3. The molecule has 130 valence electrons. The van der Waals surface area contributed by atoms with Crippen LogP contribution in [0.1, 0.15) is 5.56 Å². The second-order valence-electron chi connectivity index (χ2n) is 4.81. The van der Waals surface area contributed by atoms with Crippen LogP contribution in [0.25, 0.3) is 0 Å². The summed E-state index contributed by atoms with van der Waals surface area (Å²) in [6.45, 7) is -0.625. The monoisotopic (exact) mass is 345 g/mol. The molecule has 0 aliphatic carbocycles. The summed E-state index contributed by atoms with van der Waals surface area (Å²) in [4.78, 5) is 39.0. The smallest absolute Gasteiger partial charge is 0.416 e. The number of anilines is 1. The van der Waals surface area contributed by atoms with E-state index in [0.717, 1.165) is 17.6 Å². The number of benzene rings is 1. The Morgan fingerprint density at radius 2 is 1.92 bits per heavy atom. The average Bonchev–Trinajstić information content (AvgIpc) is 2.64. The summed E-state index contributed by atoms with van der Waals surface area (Å²) >= 11 is 0. The first-order valence-electron chi connectivity index (χ1n) is 7.17. The van der Waals surface area contributed by atoms with E-state index in [9.17, 15) is 19.7 Å². The summed E-state index contributed by atoms with van der Waals surface area (Å²) in [6, 6.07) is 11.4. The minimum atomic E-state index is -0.948. The number of amides is 1. The molecule has 0 radical (unpaired) electrons. The number of esters is 1. The van der Waals surface area contributed by atoms with Crippen molar-refractivity contribution in [2.24, 2.45) is 0 Å². The van der Waals surface area contributed by atoms with Crippen LogP contribution in [0.3, 0.4) is 0 Å². The van der Waals surface area contributed by atoms with Gasteiger partial charge in [-0.05, 0) is 11.6 Å². The van der Waals surface area contributed by atoms with Crippen molar-refractivity contribution >= 4 is 23.6 Å². The fourth-order valence-corrected chi connectivity index (χ4v) is 1.96. The van der Waals surface area contributed by atoms with Crippen molar-refractivity contribution in [1.82, 2.24) is 4.98 Å². The van der Waals surface area contributed by atoms with Crippen molar-refractivity contribution in [2.75, 3.05) is 18.6 Å². The lowest BCUT2D eigenvalue weighted by molar-refractivity contribution is -0.384. The first kappa shape index (κ1) is 17.9. The van der Waals surface area contributed by atoms with Gasteiger partial charge in [-0.15, -0.1) is 0 Å². The largest absolute Gasteiger partial charge is 0.468 e. The summed E-state index contributed by atoms with van der Waals surface area (Å²) in [7, 11) is 1.14. The molecule has 1 heterocycles. The van der Waals surface area contributed by atoms with Crippen LogP contribution in [0.15, 0.2) is 48.7 Å². The number of hydrogen-bond donors (Lipinski definition) is 0. The molecule has 25 heavy (non-hydrogen) atoms. The Labute approximate surface area is 142 Å². The number of hydrogen-bond acceptors (Lipinski definition) is 7. The maximum absolute atomic E-state index is 12.4. The molecule has 1 aromatic heterocycles. The Morgan fingerprint density at radius 1 is 1.20 bits per heavy atom. The number of nitro groups is 1. The van der Waals surface area contributed by atoms with Crippen molar-refractivity contribution in [3.05, 3.63) is 64.3 Å². The summed E-state index contributed by atoms with van der Waals surface area (Å²) in [5.41, 5.74) is 0.299. The van der Waals surface area contributed by atoms with Crippen molar-refractivity contribution < 1.29 is 24.0 Å². The Hall–Kier alpha value is -3.49. The van der Waals surface area contributed by atoms with Gasteiger partial charge in [-0.1, -0.05) is 30.3 Å². The van der Waals surface area contributed by atoms with E-state index < -0.39 is 29.2 Å². The lowest BCUT2D eigenvalue weighted by Crippen LogP contribution is -2.37. The zero-order valence-corrected chi connectivity index (χ0v) is 13.3. The molecule has 9 nitrogen and oxygen atoms in total. The maximum atomic E-state index is 12.4. The fraction of sp³-hybridized carbons (Fsp3) is 0.188. The third-order valence-corrected chi connectivity index (χ3v) is 3.16. The Morgan fingerprint density at radius 3 is 2.56 bits per heavy atom. The molecule has 2 rings (SSSR count). The van der Waals surface area contributed by atoms with E-state index in [0.29, 0.717) is 0 Å². The van der Waals surface area contributed by atoms with Gasteiger partial charge < -0.3 is 9.47 Å². The minimum Gasteiger partial charge on any atom is -0.468 e. The van der Waals surface area contributed by atoms with Gasteiger partial charge in [-0.2, -0.15) is 0 Å². The van der Waals surface area contributed by atoms with Gasteiger partial charge >= 0.3 is 17.7 Å². The molecule has 0 saturated carbocycles. The molecular formula is C16H15N3O6. The fourth-order valence-electron chi connectivity index (χ4n) is 1.96. The lowest BCUT2D eigenvalue weighted by Gasteiger charge is -2.19. The summed E-state index contributed by atoms with van der Waals surface area (Å²) in [5.74, 6) is -1.06. The van der Waals surface area contributed by atoms with E-state index in [4.69, 9.17) is 4.74 Å². The van der Waals surface area contributed by atoms with Gasteiger partial charge in [-0.25, -0.2) is 14.7 Å².